The minimum Gasteiger partial charge on any atom is -0.382 e. The lowest BCUT2D eigenvalue weighted by molar-refractivity contribution is -0.148. The smallest absolute Gasteiger partial charge is 0.382 e. The Bertz CT molecular complexity index is 632. The molecular formula is C15H19ClF3NO2. The molecule has 22 heavy (non-hydrogen) atoms. The molecule has 0 aliphatic heterocycles. The number of alkyl halides is 3. The van der Waals surface area contributed by atoms with Gasteiger partial charge in [-0.05, 0) is 50.9 Å². The molecule has 0 spiro atoms. The summed E-state index contributed by atoms with van der Waals surface area (Å²) in [6.07, 6.45) is -3.95. The van der Waals surface area contributed by atoms with Gasteiger partial charge in [-0.25, -0.2) is 0 Å². The summed E-state index contributed by atoms with van der Waals surface area (Å²) >= 11 is 0. The van der Waals surface area contributed by atoms with Gasteiger partial charge in [0.2, 0.25) is 0 Å². The summed E-state index contributed by atoms with van der Waals surface area (Å²) in [5.41, 5.74) is -4.31. The van der Waals surface area contributed by atoms with E-state index in [1.54, 1.807) is 0 Å². The first-order chi connectivity index (χ1) is 10.8. The molecule has 1 fully saturated rings. The fraction of sp³-hybridized carbons (Fsp3) is 0.533. The molecule has 2 rings (SSSR count). The minimum absolute atomic E-state index is 0. The van der Waals surface area contributed by atoms with Crippen LogP contribution in [0.4, 0.5) is 13.2 Å². The van der Waals surface area contributed by atoms with Crippen molar-refractivity contribution < 1.29 is 27.2 Å². The Morgan fingerprint density at radius 3 is 2.36 bits per heavy atom. The normalized spacial score (nSPS) is 31.7. The number of aliphatic hydroxyl groups is 1. The molecular weight excluding hydrogens is 319 g/mol. The van der Waals surface area contributed by atoms with Crippen molar-refractivity contribution in [2.24, 2.45) is 0 Å². The minimum atomic E-state index is -4.54. The van der Waals surface area contributed by atoms with Crippen molar-refractivity contribution in [2.75, 3.05) is 6.98 Å². The van der Waals surface area contributed by atoms with E-state index < -0.39 is 35.6 Å². The van der Waals surface area contributed by atoms with Crippen molar-refractivity contribution in [3.05, 3.63) is 35.4 Å². The second-order valence-electron chi connectivity index (χ2n) is 5.56. The van der Waals surface area contributed by atoms with Gasteiger partial charge in [0.05, 0.1) is 5.56 Å². The molecule has 1 aromatic rings. The van der Waals surface area contributed by atoms with Crippen molar-refractivity contribution >= 4 is 18.2 Å². The molecule has 0 saturated heterocycles. The number of carbonyl (C=O) groups excluding carboxylic acids is 1. The fourth-order valence-corrected chi connectivity index (χ4v) is 2.80. The SMILES string of the molecule is Cl.[2H]C([2H])([2H])N[C@@]1(c2ccc(C(F)(F)F)cc2)CCC[C@](C)(O)C1=O. The van der Waals surface area contributed by atoms with Gasteiger partial charge in [0, 0.05) is 4.11 Å². The van der Waals surface area contributed by atoms with Crippen LogP contribution in [-0.2, 0) is 16.5 Å². The van der Waals surface area contributed by atoms with Crippen molar-refractivity contribution in [3.63, 3.8) is 0 Å². The second-order valence-corrected chi connectivity index (χ2v) is 5.56. The number of nitrogens with one attached hydrogen (secondary N) is 1. The third-order valence-electron chi connectivity index (χ3n) is 4.01. The number of rotatable bonds is 2. The van der Waals surface area contributed by atoms with Crippen LogP contribution in [0.3, 0.4) is 0 Å². The molecule has 124 valence electrons. The third kappa shape index (κ3) is 3.14. The highest BCUT2D eigenvalue weighted by Crippen LogP contribution is 2.39. The number of hydrogen-bond donors (Lipinski definition) is 2. The quantitative estimate of drug-likeness (QED) is 0.870. The molecule has 1 aliphatic carbocycles. The maximum Gasteiger partial charge on any atom is 0.416 e. The lowest BCUT2D eigenvalue weighted by Crippen LogP contribution is -2.59. The van der Waals surface area contributed by atoms with Gasteiger partial charge in [-0.1, -0.05) is 12.1 Å². The monoisotopic (exact) mass is 340 g/mol. The average molecular weight is 341 g/mol. The Hall–Kier alpha value is -1.11. The number of ketones is 1. The molecule has 2 atom stereocenters. The number of carbonyl (C=O) groups is 1. The van der Waals surface area contributed by atoms with E-state index in [1.807, 2.05) is 0 Å². The van der Waals surface area contributed by atoms with Crippen LogP contribution in [0, 0.1) is 0 Å². The zero-order valence-electron chi connectivity index (χ0n) is 14.8. The number of likely N-dealkylation sites (N-methyl/N-ethyl adjacent to an activating group) is 1. The molecule has 3 nitrogen and oxygen atoms in total. The zero-order chi connectivity index (χ0) is 18.4. The van der Waals surface area contributed by atoms with E-state index in [0.29, 0.717) is 6.42 Å². The van der Waals surface area contributed by atoms with E-state index in [4.69, 9.17) is 4.11 Å². The Labute approximate surface area is 137 Å². The summed E-state index contributed by atoms with van der Waals surface area (Å²) in [6, 6.07) is 3.77. The molecule has 1 aliphatic rings. The van der Waals surface area contributed by atoms with E-state index in [1.165, 1.54) is 6.92 Å². The fourth-order valence-electron chi connectivity index (χ4n) is 2.80. The second kappa shape index (κ2) is 6.18. The molecule has 0 bridgehead atoms. The first-order valence-electron chi connectivity index (χ1n) is 8.02. The molecule has 7 heteroatoms. The van der Waals surface area contributed by atoms with Gasteiger partial charge >= 0.3 is 6.18 Å². The first kappa shape index (κ1) is 14.5. The molecule has 0 aromatic heterocycles. The Balaban J connectivity index is 0.00000312. The highest BCUT2D eigenvalue weighted by atomic mass is 35.5. The van der Waals surface area contributed by atoms with Gasteiger partial charge in [-0.15, -0.1) is 12.4 Å². The Morgan fingerprint density at radius 1 is 1.27 bits per heavy atom. The largest absolute Gasteiger partial charge is 0.416 e. The average Bonchev–Trinajstić information content (AvgIpc) is 2.42. The van der Waals surface area contributed by atoms with Crippen LogP contribution in [0.25, 0.3) is 0 Å². The van der Waals surface area contributed by atoms with Gasteiger partial charge in [0.25, 0.3) is 0 Å². The van der Waals surface area contributed by atoms with Crippen molar-refractivity contribution in [2.45, 2.75) is 43.5 Å². The summed E-state index contributed by atoms with van der Waals surface area (Å²) in [5, 5.41) is 12.5. The van der Waals surface area contributed by atoms with Gasteiger partial charge in [-0.3, -0.25) is 4.79 Å². The highest BCUT2D eigenvalue weighted by molar-refractivity contribution is 5.96. The van der Waals surface area contributed by atoms with Gasteiger partial charge in [-0.2, -0.15) is 13.2 Å². The summed E-state index contributed by atoms with van der Waals surface area (Å²) in [6.45, 7) is -1.42. The van der Waals surface area contributed by atoms with E-state index in [0.717, 1.165) is 24.3 Å². The zero-order valence-corrected chi connectivity index (χ0v) is 12.6. The van der Waals surface area contributed by atoms with Gasteiger partial charge < -0.3 is 10.4 Å². The Morgan fingerprint density at radius 2 is 1.86 bits per heavy atom. The summed E-state index contributed by atoms with van der Waals surface area (Å²) in [7, 11) is 0. The predicted octanol–water partition coefficient (Wildman–Crippen LogP) is 3.05. The van der Waals surface area contributed by atoms with E-state index in [2.05, 4.69) is 5.32 Å². The van der Waals surface area contributed by atoms with E-state index in [-0.39, 0.29) is 30.8 Å². The topological polar surface area (TPSA) is 49.3 Å². The van der Waals surface area contributed by atoms with Gasteiger partial charge in [0.1, 0.15) is 11.1 Å². The number of hydrogen-bond acceptors (Lipinski definition) is 3. The van der Waals surface area contributed by atoms with Crippen molar-refractivity contribution in [3.8, 4) is 0 Å². The van der Waals surface area contributed by atoms with Crippen LogP contribution < -0.4 is 5.32 Å². The van der Waals surface area contributed by atoms with Crippen molar-refractivity contribution in [1.82, 2.24) is 5.32 Å². The lowest BCUT2D eigenvalue weighted by Gasteiger charge is -2.42. The van der Waals surface area contributed by atoms with Crippen molar-refractivity contribution in [1.29, 1.82) is 0 Å². The molecule has 0 radical (unpaired) electrons. The highest BCUT2D eigenvalue weighted by Gasteiger charge is 2.50. The van der Waals surface area contributed by atoms with E-state index in [9.17, 15) is 23.1 Å². The van der Waals surface area contributed by atoms with Crippen LogP contribution in [0.2, 0.25) is 0 Å². The summed E-state index contributed by atoms with van der Waals surface area (Å²) in [5.74, 6) is -0.753. The summed E-state index contributed by atoms with van der Waals surface area (Å²) in [4.78, 5) is 12.7. The number of halogens is 4. The lowest BCUT2D eigenvalue weighted by atomic mass is 9.69. The summed E-state index contributed by atoms with van der Waals surface area (Å²) < 4.78 is 60.4. The predicted molar refractivity (Wildman–Crippen MR) is 78.9 cm³/mol. The number of Topliss-reactive ketones (excluding diaryl/α,β-unsaturated/α-hetero) is 1. The molecule has 0 heterocycles. The van der Waals surface area contributed by atoms with Crippen LogP contribution in [-0.4, -0.2) is 23.5 Å². The number of benzene rings is 1. The Kier molecular flexibility index (Phi) is 4.07. The van der Waals surface area contributed by atoms with E-state index >= 15 is 0 Å². The molecule has 1 saturated carbocycles. The molecule has 0 amide bonds. The molecule has 1 aromatic carbocycles. The van der Waals surface area contributed by atoms with Crippen LogP contribution in [0.1, 0.15) is 41.4 Å². The first-order valence-corrected chi connectivity index (χ1v) is 6.52. The third-order valence-corrected chi connectivity index (χ3v) is 4.01. The standard InChI is InChI=1S/C15H18F3NO2.ClH/c1-13(21)8-3-9-14(19-2,12(13)20)10-4-6-11(7-5-10)15(16,17)18;/h4-7,19,21H,3,8-9H2,1-2H3;1H/t13-,14+;/m0./s1/i2D3;. The maximum atomic E-state index is 12.7. The molecule has 0 unspecified atom stereocenters. The van der Waals surface area contributed by atoms with Crippen LogP contribution >= 0.6 is 12.4 Å². The maximum absolute atomic E-state index is 12.7. The van der Waals surface area contributed by atoms with Crippen LogP contribution in [0.15, 0.2) is 24.3 Å². The van der Waals surface area contributed by atoms with Crippen LogP contribution in [0.5, 0.6) is 0 Å². The van der Waals surface area contributed by atoms with Gasteiger partial charge in [0.15, 0.2) is 5.78 Å². The molecule has 2 N–H and O–H groups in total.